The summed E-state index contributed by atoms with van der Waals surface area (Å²) in [6.45, 7) is 6.94. The van der Waals surface area contributed by atoms with E-state index in [-0.39, 0.29) is 0 Å². The Morgan fingerprint density at radius 2 is 2.12 bits per heavy atom. The summed E-state index contributed by atoms with van der Waals surface area (Å²) in [6, 6.07) is 0.333. The SMILES string of the molecule is CC(NCCN1CCCCC1)c1nccn1C. The molecule has 0 saturated carbocycles. The van der Waals surface area contributed by atoms with E-state index in [4.69, 9.17) is 0 Å². The van der Waals surface area contributed by atoms with Gasteiger partial charge in [-0.25, -0.2) is 4.98 Å². The molecule has 96 valence electrons. The van der Waals surface area contributed by atoms with Crippen LogP contribution in [0.2, 0.25) is 0 Å². The molecule has 4 nitrogen and oxygen atoms in total. The molecule has 2 heterocycles. The number of aromatic nitrogens is 2. The van der Waals surface area contributed by atoms with Crippen molar-refractivity contribution in [3.63, 3.8) is 0 Å². The number of imidazole rings is 1. The van der Waals surface area contributed by atoms with Crippen molar-refractivity contribution in [2.45, 2.75) is 32.2 Å². The van der Waals surface area contributed by atoms with Gasteiger partial charge in [0.2, 0.25) is 0 Å². The highest BCUT2D eigenvalue weighted by atomic mass is 15.2. The third-order valence-corrected chi connectivity index (χ3v) is 3.57. The molecule has 1 aliphatic rings. The van der Waals surface area contributed by atoms with Crippen molar-refractivity contribution in [2.75, 3.05) is 26.2 Å². The molecule has 1 N–H and O–H groups in total. The fourth-order valence-electron chi connectivity index (χ4n) is 2.51. The molecular formula is C13H24N4. The molecule has 0 bridgehead atoms. The predicted molar refractivity (Wildman–Crippen MR) is 69.9 cm³/mol. The lowest BCUT2D eigenvalue weighted by atomic mass is 10.1. The third-order valence-electron chi connectivity index (χ3n) is 3.57. The normalized spacial score (nSPS) is 19.4. The monoisotopic (exact) mass is 236 g/mol. The highest BCUT2D eigenvalue weighted by Gasteiger charge is 2.12. The predicted octanol–water partition coefficient (Wildman–Crippen LogP) is 1.56. The minimum atomic E-state index is 0.333. The lowest BCUT2D eigenvalue weighted by molar-refractivity contribution is 0.226. The van der Waals surface area contributed by atoms with Crippen molar-refractivity contribution in [3.05, 3.63) is 18.2 Å². The van der Waals surface area contributed by atoms with E-state index in [0.29, 0.717) is 6.04 Å². The molecule has 1 aliphatic heterocycles. The van der Waals surface area contributed by atoms with Gasteiger partial charge < -0.3 is 14.8 Å². The number of nitrogens with one attached hydrogen (secondary N) is 1. The van der Waals surface area contributed by atoms with Crippen molar-refractivity contribution < 1.29 is 0 Å². The number of hydrogen-bond acceptors (Lipinski definition) is 3. The van der Waals surface area contributed by atoms with Crippen LogP contribution >= 0.6 is 0 Å². The molecule has 1 saturated heterocycles. The van der Waals surface area contributed by atoms with Gasteiger partial charge >= 0.3 is 0 Å². The number of aryl methyl sites for hydroxylation is 1. The van der Waals surface area contributed by atoms with E-state index in [1.54, 1.807) is 0 Å². The summed E-state index contributed by atoms with van der Waals surface area (Å²) in [5.41, 5.74) is 0. The fraction of sp³-hybridized carbons (Fsp3) is 0.769. The Morgan fingerprint density at radius 1 is 1.35 bits per heavy atom. The number of piperidine rings is 1. The summed E-state index contributed by atoms with van der Waals surface area (Å²) >= 11 is 0. The quantitative estimate of drug-likeness (QED) is 0.842. The number of nitrogens with zero attached hydrogens (tertiary/aromatic N) is 3. The van der Waals surface area contributed by atoms with Crippen LogP contribution in [-0.2, 0) is 7.05 Å². The van der Waals surface area contributed by atoms with Crippen LogP contribution in [0.1, 0.15) is 38.1 Å². The lowest BCUT2D eigenvalue weighted by Crippen LogP contribution is -2.36. The molecule has 1 aromatic rings. The molecule has 0 amide bonds. The summed E-state index contributed by atoms with van der Waals surface area (Å²) in [5.74, 6) is 1.11. The average Bonchev–Trinajstić information content (AvgIpc) is 2.77. The Bertz CT molecular complexity index is 328. The van der Waals surface area contributed by atoms with Crippen molar-refractivity contribution >= 4 is 0 Å². The van der Waals surface area contributed by atoms with Crippen molar-refractivity contribution in [3.8, 4) is 0 Å². The molecule has 1 aromatic heterocycles. The van der Waals surface area contributed by atoms with Crippen LogP contribution < -0.4 is 5.32 Å². The second-order valence-electron chi connectivity index (χ2n) is 4.97. The van der Waals surface area contributed by atoms with Crippen molar-refractivity contribution in [1.82, 2.24) is 19.8 Å². The first kappa shape index (κ1) is 12.6. The summed E-state index contributed by atoms with van der Waals surface area (Å²) in [4.78, 5) is 6.93. The largest absolute Gasteiger partial charge is 0.337 e. The maximum absolute atomic E-state index is 4.37. The van der Waals surface area contributed by atoms with Gasteiger partial charge in [0.05, 0.1) is 6.04 Å². The molecule has 17 heavy (non-hydrogen) atoms. The zero-order valence-electron chi connectivity index (χ0n) is 11.0. The molecule has 1 unspecified atom stereocenters. The second kappa shape index (κ2) is 6.17. The molecule has 1 fully saturated rings. The summed E-state index contributed by atoms with van der Waals surface area (Å²) in [6.07, 6.45) is 8.01. The third kappa shape index (κ3) is 3.54. The molecule has 0 radical (unpaired) electrons. The second-order valence-corrected chi connectivity index (χ2v) is 4.97. The van der Waals surface area contributed by atoms with E-state index in [1.807, 2.05) is 19.4 Å². The standard InChI is InChI=1S/C13H24N4/c1-12(13-15-6-10-16(13)2)14-7-11-17-8-4-3-5-9-17/h6,10,12,14H,3-5,7-9,11H2,1-2H3. The Balaban J connectivity index is 1.69. The topological polar surface area (TPSA) is 33.1 Å². The summed E-state index contributed by atoms with van der Waals surface area (Å²) in [5, 5.41) is 3.55. The van der Waals surface area contributed by atoms with Crippen molar-refractivity contribution in [2.24, 2.45) is 7.05 Å². The van der Waals surface area contributed by atoms with Gasteiger partial charge in [0.25, 0.3) is 0 Å². The molecule has 2 rings (SSSR count). The van der Waals surface area contributed by atoms with E-state index >= 15 is 0 Å². The Kier molecular flexibility index (Phi) is 4.57. The fourth-order valence-corrected chi connectivity index (χ4v) is 2.51. The molecule has 0 aliphatic carbocycles. The Hall–Kier alpha value is -0.870. The molecular weight excluding hydrogens is 212 g/mol. The van der Waals surface area contributed by atoms with E-state index < -0.39 is 0 Å². The van der Waals surface area contributed by atoms with Gasteiger partial charge in [0.1, 0.15) is 5.82 Å². The van der Waals surface area contributed by atoms with E-state index in [2.05, 4.69) is 26.7 Å². The Morgan fingerprint density at radius 3 is 2.76 bits per heavy atom. The van der Waals surface area contributed by atoms with Crippen LogP contribution in [0.5, 0.6) is 0 Å². The van der Waals surface area contributed by atoms with Gasteiger partial charge in [0, 0.05) is 32.5 Å². The van der Waals surface area contributed by atoms with Gasteiger partial charge in [-0.1, -0.05) is 6.42 Å². The van der Waals surface area contributed by atoms with Gasteiger partial charge in [-0.15, -0.1) is 0 Å². The lowest BCUT2D eigenvalue weighted by Gasteiger charge is -2.27. The highest BCUT2D eigenvalue weighted by molar-refractivity contribution is 4.96. The first-order chi connectivity index (χ1) is 8.27. The van der Waals surface area contributed by atoms with Crippen LogP contribution in [-0.4, -0.2) is 40.6 Å². The van der Waals surface area contributed by atoms with Crippen LogP contribution in [0.4, 0.5) is 0 Å². The van der Waals surface area contributed by atoms with Gasteiger partial charge in [-0.2, -0.15) is 0 Å². The summed E-state index contributed by atoms with van der Waals surface area (Å²) in [7, 11) is 2.05. The van der Waals surface area contributed by atoms with E-state index in [9.17, 15) is 0 Å². The molecule has 0 spiro atoms. The Labute approximate surface area is 104 Å². The number of hydrogen-bond donors (Lipinski definition) is 1. The van der Waals surface area contributed by atoms with Crippen molar-refractivity contribution in [1.29, 1.82) is 0 Å². The number of rotatable bonds is 5. The van der Waals surface area contributed by atoms with Gasteiger partial charge in [-0.3, -0.25) is 0 Å². The van der Waals surface area contributed by atoms with E-state index in [1.165, 1.54) is 32.4 Å². The smallest absolute Gasteiger partial charge is 0.125 e. The number of likely N-dealkylation sites (tertiary alicyclic amines) is 1. The zero-order chi connectivity index (χ0) is 12.1. The molecule has 1 atom stereocenters. The molecule has 0 aromatic carbocycles. The van der Waals surface area contributed by atoms with Crippen LogP contribution in [0.3, 0.4) is 0 Å². The maximum Gasteiger partial charge on any atom is 0.125 e. The first-order valence-corrected chi connectivity index (χ1v) is 6.70. The zero-order valence-corrected chi connectivity index (χ0v) is 11.0. The first-order valence-electron chi connectivity index (χ1n) is 6.70. The summed E-state index contributed by atoms with van der Waals surface area (Å²) < 4.78 is 2.08. The van der Waals surface area contributed by atoms with Crippen LogP contribution in [0.25, 0.3) is 0 Å². The van der Waals surface area contributed by atoms with Crippen LogP contribution in [0, 0.1) is 0 Å². The van der Waals surface area contributed by atoms with Gasteiger partial charge in [0.15, 0.2) is 0 Å². The van der Waals surface area contributed by atoms with Crippen LogP contribution in [0.15, 0.2) is 12.4 Å². The minimum Gasteiger partial charge on any atom is -0.337 e. The molecule has 4 heteroatoms. The van der Waals surface area contributed by atoms with Gasteiger partial charge in [-0.05, 0) is 32.9 Å². The minimum absolute atomic E-state index is 0.333. The average molecular weight is 236 g/mol. The highest BCUT2D eigenvalue weighted by Crippen LogP contribution is 2.09. The maximum atomic E-state index is 4.37. The van der Waals surface area contributed by atoms with E-state index in [0.717, 1.165) is 18.9 Å².